The van der Waals surface area contributed by atoms with Crippen molar-refractivity contribution >= 4 is 12.0 Å². The number of aliphatic carboxylic acids is 1. The van der Waals surface area contributed by atoms with Gasteiger partial charge in [-0.2, -0.15) is 5.10 Å². The molecule has 1 aromatic heterocycles. The summed E-state index contributed by atoms with van der Waals surface area (Å²) in [6.07, 6.45) is 2.57. The molecule has 0 unspecified atom stereocenters. The van der Waals surface area contributed by atoms with E-state index in [2.05, 4.69) is 10.4 Å². The van der Waals surface area contributed by atoms with E-state index in [9.17, 15) is 9.59 Å². The maximum absolute atomic E-state index is 12.0. The number of rotatable bonds is 5. The first kappa shape index (κ1) is 15.3. The number of carboxylic acids is 1. The molecule has 2 amide bonds. The summed E-state index contributed by atoms with van der Waals surface area (Å²) < 4.78 is 1.73. The molecule has 0 atom stereocenters. The van der Waals surface area contributed by atoms with Crippen LogP contribution in [0.1, 0.15) is 5.69 Å². The van der Waals surface area contributed by atoms with Gasteiger partial charge in [0.25, 0.3) is 0 Å². The first-order valence-corrected chi connectivity index (χ1v) is 7.00. The maximum atomic E-state index is 12.0. The summed E-state index contributed by atoms with van der Waals surface area (Å²) in [7, 11) is 1.86. The van der Waals surface area contributed by atoms with Crippen LogP contribution in [0.15, 0.2) is 12.3 Å². The summed E-state index contributed by atoms with van der Waals surface area (Å²) in [6, 6.07) is 1.83. The van der Waals surface area contributed by atoms with Crippen molar-refractivity contribution in [1.82, 2.24) is 24.9 Å². The van der Waals surface area contributed by atoms with Gasteiger partial charge in [-0.3, -0.25) is 14.4 Å². The molecule has 116 valence electrons. The Hall–Kier alpha value is -2.09. The number of carboxylic acid groups (broad SMARTS) is 1. The first-order valence-electron chi connectivity index (χ1n) is 7.00. The number of hydrogen-bond acceptors (Lipinski definition) is 4. The number of aryl methyl sites for hydroxylation is 1. The van der Waals surface area contributed by atoms with Crippen molar-refractivity contribution in [3.63, 3.8) is 0 Å². The van der Waals surface area contributed by atoms with Crippen LogP contribution < -0.4 is 5.32 Å². The van der Waals surface area contributed by atoms with E-state index >= 15 is 0 Å². The van der Waals surface area contributed by atoms with E-state index in [4.69, 9.17) is 5.11 Å². The van der Waals surface area contributed by atoms with Gasteiger partial charge in [0.05, 0.1) is 12.2 Å². The summed E-state index contributed by atoms with van der Waals surface area (Å²) in [5.74, 6) is -0.830. The van der Waals surface area contributed by atoms with Crippen LogP contribution in [0.4, 0.5) is 4.79 Å². The Balaban J connectivity index is 1.66. The smallest absolute Gasteiger partial charge is 0.317 e. The monoisotopic (exact) mass is 295 g/mol. The van der Waals surface area contributed by atoms with E-state index in [-0.39, 0.29) is 12.6 Å². The summed E-state index contributed by atoms with van der Waals surface area (Å²) >= 11 is 0. The van der Waals surface area contributed by atoms with Crippen LogP contribution >= 0.6 is 0 Å². The zero-order chi connectivity index (χ0) is 15.2. The number of urea groups is 1. The molecule has 2 rings (SSSR count). The predicted molar refractivity (Wildman–Crippen MR) is 76.0 cm³/mol. The van der Waals surface area contributed by atoms with Crippen LogP contribution in [0.2, 0.25) is 0 Å². The molecule has 1 fully saturated rings. The van der Waals surface area contributed by atoms with E-state index in [1.807, 2.05) is 24.2 Å². The van der Waals surface area contributed by atoms with Gasteiger partial charge in [0.15, 0.2) is 0 Å². The lowest BCUT2D eigenvalue weighted by atomic mass is 10.3. The Morgan fingerprint density at radius 2 is 2.05 bits per heavy atom. The van der Waals surface area contributed by atoms with Crippen LogP contribution in [0, 0.1) is 0 Å². The molecule has 0 radical (unpaired) electrons. The molecular formula is C13H21N5O3. The molecule has 0 spiro atoms. The lowest BCUT2D eigenvalue weighted by Crippen LogP contribution is -2.52. The molecule has 8 heteroatoms. The Bertz CT molecular complexity index is 494. The van der Waals surface area contributed by atoms with E-state index < -0.39 is 5.97 Å². The lowest BCUT2D eigenvalue weighted by Gasteiger charge is -2.33. The molecular weight excluding hydrogens is 274 g/mol. The molecule has 1 aromatic rings. The Morgan fingerprint density at radius 1 is 1.33 bits per heavy atom. The fraction of sp³-hybridized carbons (Fsp3) is 0.615. The third kappa shape index (κ3) is 4.75. The average Bonchev–Trinajstić information content (AvgIpc) is 2.84. The molecule has 2 heterocycles. The number of carbonyl (C=O) groups is 2. The van der Waals surface area contributed by atoms with Crippen molar-refractivity contribution in [2.24, 2.45) is 7.05 Å². The Kier molecular flexibility index (Phi) is 5.15. The molecule has 0 bridgehead atoms. The summed E-state index contributed by atoms with van der Waals surface area (Å²) in [6.45, 7) is 2.89. The van der Waals surface area contributed by atoms with Crippen LogP contribution in [-0.4, -0.2) is 76.0 Å². The SMILES string of the molecule is Cn1ccc(CCNC(=O)N2CCN(CC(=O)O)CC2)n1. The van der Waals surface area contributed by atoms with E-state index in [0.29, 0.717) is 39.1 Å². The van der Waals surface area contributed by atoms with Crippen LogP contribution in [0.5, 0.6) is 0 Å². The summed E-state index contributed by atoms with van der Waals surface area (Å²) in [4.78, 5) is 26.1. The number of nitrogens with zero attached hydrogens (tertiary/aromatic N) is 4. The van der Waals surface area contributed by atoms with Crippen LogP contribution in [-0.2, 0) is 18.3 Å². The molecule has 1 aliphatic rings. The minimum atomic E-state index is -0.830. The largest absolute Gasteiger partial charge is 0.480 e. The molecule has 1 aliphatic heterocycles. The number of amides is 2. The number of hydrogen-bond donors (Lipinski definition) is 2. The summed E-state index contributed by atoms with van der Waals surface area (Å²) in [5, 5.41) is 15.8. The summed E-state index contributed by atoms with van der Waals surface area (Å²) in [5.41, 5.74) is 0.948. The second-order valence-electron chi connectivity index (χ2n) is 5.12. The second-order valence-corrected chi connectivity index (χ2v) is 5.12. The highest BCUT2D eigenvalue weighted by molar-refractivity contribution is 5.74. The van der Waals surface area contributed by atoms with Gasteiger partial charge < -0.3 is 15.3 Å². The predicted octanol–water partition coefficient (Wildman–Crippen LogP) is -0.626. The normalized spacial score (nSPS) is 16.0. The fourth-order valence-corrected chi connectivity index (χ4v) is 2.31. The molecule has 1 saturated heterocycles. The molecule has 8 nitrogen and oxygen atoms in total. The zero-order valence-corrected chi connectivity index (χ0v) is 12.2. The number of nitrogens with one attached hydrogen (secondary N) is 1. The van der Waals surface area contributed by atoms with Gasteiger partial charge >= 0.3 is 12.0 Å². The lowest BCUT2D eigenvalue weighted by molar-refractivity contribution is -0.138. The van der Waals surface area contributed by atoms with E-state index in [1.165, 1.54) is 0 Å². The van der Waals surface area contributed by atoms with Crippen LogP contribution in [0.3, 0.4) is 0 Å². The fourth-order valence-electron chi connectivity index (χ4n) is 2.31. The second kappa shape index (κ2) is 7.07. The third-order valence-corrected chi connectivity index (χ3v) is 3.44. The molecule has 2 N–H and O–H groups in total. The van der Waals surface area contributed by atoms with Crippen molar-refractivity contribution in [3.8, 4) is 0 Å². The highest BCUT2D eigenvalue weighted by Crippen LogP contribution is 2.02. The number of piperazine rings is 1. The van der Waals surface area contributed by atoms with E-state index in [1.54, 1.807) is 9.58 Å². The van der Waals surface area contributed by atoms with Gasteiger partial charge in [-0.05, 0) is 6.07 Å². The Morgan fingerprint density at radius 3 is 2.62 bits per heavy atom. The van der Waals surface area contributed by atoms with Crippen LogP contribution in [0.25, 0.3) is 0 Å². The first-order chi connectivity index (χ1) is 10.0. The molecule has 21 heavy (non-hydrogen) atoms. The minimum Gasteiger partial charge on any atom is -0.480 e. The van der Waals surface area contributed by atoms with Crippen molar-refractivity contribution < 1.29 is 14.7 Å². The maximum Gasteiger partial charge on any atom is 0.317 e. The van der Waals surface area contributed by atoms with Crippen molar-refractivity contribution in [1.29, 1.82) is 0 Å². The highest BCUT2D eigenvalue weighted by atomic mass is 16.4. The minimum absolute atomic E-state index is 0.0368. The molecule has 0 aliphatic carbocycles. The average molecular weight is 295 g/mol. The molecule has 0 aromatic carbocycles. The standard InChI is InChI=1S/C13H21N5O3/c1-16-5-3-11(15-16)2-4-14-13(21)18-8-6-17(7-9-18)10-12(19)20/h3,5H,2,4,6-10H2,1H3,(H,14,21)(H,19,20). The quantitative estimate of drug-likeness (QED) is 0.755. The van der Waals surface area contributed by atoms with Crippen molar-refractivity contribution in [2.45, 2.75) is 6.42 Å². The molecule has 0 saturated carbocycles. The van der Waals surface area contributed by atoms with Gasteiger partial charge in [-0.15, -0.1) is 0 Å². The van der Waals surface area contributed by atoms with Gasteiger partial charge in [-0.1, -0.05) is 0 Å². The van der Waals surface area contributed by atoms with Crippen molar-refractivity contribution in [3.05, 3.63) is 18.0 Å². The topological polar surface area (TPSA) is 90.7 Å². The van der Waals surface area contributed by atoms with Gasteiger partial charge in [0, 0.05) is 52.4 Å². The van der Waals surface area contributed by atoms with Gasteiger partial charge in [0.1, 0.15) is 0 Å². The van der Waals surface area contributed by atoms with E-state index in [0.717, 1.165) is 5.69 Å². The highest BCUT2D eigenvalue weighted by Gasteiger charge is 2.21. The third-order valence-electron chi connectivity index (χ3n) is 3.44. The number of aromatic nitrogens is 2. The van der Waals surface area contributed by atoms with Gasteiger partial charge in [-0.25, -0.2) is 4.79 Å². The Labute approximate surface area is 123 Å². The zero-order valence-electron chi connectivity index (χ0n) is 12.2. The number of carbonyl (C=O) groups excluding carboxylic acids is 1. The van der Waals surface area contributed by atoms with Gasteiger partial charge in [0.2, 0.25) is 0 Å². The van der Waals surface area contributed by atoms with Crippen molar-refractivity contribution in [2.75, 3.05) is 39.3 Å².